The van der Waals surface area contributed by atoms with Gasteiger partial charge in [0.25, 0.3) is 0 Å². The Morgan fingerprint density at radius 3 is 1.45 bits per heavy atom. The number of rotatable bonds is 12. The van der Waals surface area contributed by atoms with E-state index in [0.29, 0.717) is 0 Å². The van der Waals surface area contributed by atoms with Gasteiger partial charge in [0.15, 0.2) is 0 Å². The van der Waals surface area contributed by atoms with Crippen LogP contribution < -0.4 is 26.5 Å². The zero-order valence-corrected chi connectivity index (χ0v) is 28.3. The van der Waals surface area contributed by atoms with Crippen LogP contribution in [0.2, 0.25) is 0 Å². The minimum absolute atomic E-state index is 0.799. The SMILES string of the molecule is C=C/C=C\C=C(\SC)P(c1ccccc1SC)c1ccccc1P(c1ccccc1SC)c1ccccc1SC. The van der Waals surface area contributed by atoms with Crippen LogP contribution in [-0.2, 0) is 0 Å². The van der Waals surface area contributed by atoms with Crippen molar-refractivity contribution >= 4 is 89.4 Å². The molecule has 6 heteroatoms. The molecule has 0 aliphatic carbocycles. The summed E-state index contributed by atoms with van der Waals surface area (Å²) < 4.78 is 1.38. The van der Waals surface area contributed by atoms with E-state index in [1.807, 2.05) is 59.2 Å². The maximum absolute atomic E-state index is 3.89. The lowest BCUT2D eigenvalue weighted by Crippen LogP contribution is -2.33. The topological polar surface area (TPSA) is 0 Å². The number of allylic oxidation sites excluding steroid dienone is 4. The van der Waals surface area contributed by atoms with Gasteiger partial charge in [0.2, 0.25) is 0 Å². The lowest BCUT2D eigenvalue weighted by molar-refractivity contribution is 1.51. The molecule has 0 heterocycles. The lowest BCUT2D eigenvalue weighted by atomic mass is 10.3. The maximum Gasteiger partial charge on any atom is 0.0171 e. The summed E-state index contributed by atoms with van der Waals surface area (Å²) in [5.74, 6) is 0. The first-order valence-corrected chi connectivity index (χ1v) is 20.4. The van der Waals surface area contributed by atoms with E-state index in [1.165, 1.54) is 45.9 Å². The van der Waals surface area contributed by atoms with Gasteiger partial charge in [-0.05, 0) is 91.7 Å². The zero-order valence-electron chi connectivity index (χ0n) is 23.3. The summed E-state index contributed by atoms with van der Waals surface area (Å²) in [7, 11) is -1.60. The average Bonchev–Trinajstić information content (AvgIpc) is 3.02. The van der Waals surface area contributed by atoms with E-state index in [9.17, 15) is 0 Å². The fourth-order valence-electron chi connectivity index (χ4n) is 4.49. The number of benzene rings is 4. The van der Waals surface area contributed by atoms with E-state index in [1.54, 1.807) is 0 Å². The molecule has 0 fully saturated rings. The highest BCUT2D eigenvalue weighted by atomic mass is 32.2. The van der Waals surface area contributed by atoms with E-state index >= 15 is 0 Å². The smallest absolute Gasteiger partial charge is 0.0171 e. The van der Waals surface area contributed by atoms with Crippen molar-refractivity contribution in [2.45, 2.75) is 14.7 Å². The van der Waals surface area contributed by atoms with E-state index in [4.69, 9.17) is 0 Å². The Balaban J connectivity index is 2.08. The Hall–Kier alpha value is -1.64. The zero-order chi connectivity index (χ0) is 28.3. The monoisotopic (exact) mass is 632 g/mol. The van der Waals surface area contributed by atoms with Gasteiger partial charge in [0, 0.05) is 19.3 Å². The molecular weight excluding hydrogens is 599 g/mol. The van der Waals surface area contributed by atoms with Gasteiger partial charge < -0.3 is 0 Å². The van der Waals surface area contributed by atoms with Crippen LogP contribution in [0.1, 0.15) is 0 Å². The van der Waals surface area contributed by atoms with E-state index in [0.717, 1.165) is 0 Å². The molecule has 0 amide bonds. The summed E-state index contributed by atoms with van der Waals surface area (Å²) in [6.07, 6.45) is 17.1. The highest BCUT2D eigenvalue weighted by molar-refractivity contribution is 8.12. The molecule has 0 nitrogen and oxygen atoms in total. The number of thioether (sulfide) groups is 4. The molecule has 0 aliphatic rings. The fraction of sp³-hybridized carbons (Fsp3) is 0.118. The highest BCUT2D eigenvalue weighted by Gasteiger charge is 2.29. The van der Waals surface area contributed by atoms with Crippen molar-refractivity contribution in [2.24, 2.45) is 0 Å². The van der Waals surface area contributed by atoms with Crippen LogP contribution in [0.25, 0.3) is 0 Å². The minimum atomic E-state index is -0.805. The van der Waals surface area contributed by atoms with Crippen LogP contribution in [0.4, 0.5) is 0 Å². The first kappa shape index (κ1) is 31.3. The summed E-state index contributed by atoms with van der Waals surface area (Å²) in [5.41, 5.74) is 0. The Bertz CT molecular complexity index is 1450. The molecule has 0 spiro atoms. The molecular formula is C34H34P2S4. The molecule has 0 bridgehead atoms. The predicted octanol–water partition coefficient (Wildman–Crippen LogP) is 8.99. The predicted molar refractivity (Wildman–Crippen MR) is 194 cm³/mol. The third kappa shape index (κ3) is 7.22. The van der Waals surface area contributed by atoms with Gasteiger partial charge in [0.1, 0.15) is 0 Å². The lowest BCUT2D eigenvalue weighted by Gasteiger charge is -2.30. The quantitative estimate of drug-likeness (QED) is 0.0868. The third-order valence-electron chi connectivity index (χ3n) is 6.26. The summed E-state index contributed by atoms with van der Waals surface area (Å²) >= 11 is 7.39. The van der Waals surface area contributed by atoms with Gasteiger partial charge in [-0.25, -0.2) is 0 Å². The Morgan fingerprint density at radius 1 is 0.550 bits per heavy atom. The van der Waals surface area contributed by atoms with Crippen molar-refractivity contribution in [3.63, 3.8) is 0 Å². The summed E-state index contributed by atoms with van der Waals surface area (Å²) in [4.78, 5) is 4.04. The van der Waals surface area contributed by atoms with E-state index in [2.05, 4.69) is 141 Å². The van der Waals surface area contributed by atoms with Crippen molar-refractivity contribution in [3.05, 3.63) is 133 Å². The molecule has 40 heavy (non-hydrogen) atoms. The van der Waals surface area contributed by atoms with Crippen molar-refractivity contribution in [3.8, 4) is 0 Å². The average molecular weight is 633 g/mol. The van der Waals surface area contributed by atoms with Gasteiger partial charge in [-0.3, -0.25) is 0 Å². The second-order valence-electron chi connectivity index (χ2n) is 8.50. The fourth-order valence-corrected chi connectivity index (χ4v) is 14.2. The van der Waals surface area contributed by atoms with Crippen LogP contribution >= 0.6 is 62.9 Å². The standard InChI is InChI=1S/C34H34P2S4/c1-6-7-8-25-34(40-5)36(30-21-13-16-24-33(30)39-4)27-18-10-9-17-26(27)35(28-19-11-14-22-31(28)37-2)29-20-12-15-23-32(29)38-3/h6-25H,1H2,2-5H3/b8-7-,34-25+. The van der Waals surface area contributed by atoms with Gasteiger partial charge in [0.05, 0.1) is 0 Å². The van der Waals surface area contributed by atoms with Crippen molar-refractivity contribution in [1.29, 1.82) is 0 Å². The number of hydrogen-bond acceptors (Lipinski definition) is 4. The van der Waals surface area contributed by atoms with Gasteiger partial charge in [-0.15, -0.1) is 47.0 Å². The first-order valence-electron chi connectivity index (χ1n) is 12.8. The molecule has 4 aromatic carbocycles. The molecule has 4 aromatic rings. The first-order chi connectivity index (χ1) is 19.7. The molecule has 0 radical (unpaired) electrons. The van der Waals surface area contributed by atoms with Crippen molar-refractivity contribution in [2.75, 3.05) is 25.0 Å². The molecule has 0 saturated carbocycles. The Labute approximate surface area is 260 Å². The Morgan fingerprint density at radius 2 is 0.975 bits per heavy atom. The van der Waals surface area contributed by atoms with Crippen LogP contribution in [-0.4, -0.2) is 25.0 Å². The molecule has 0 aliphatic heterocycles. The highest BCUT2D eigenvalue weighted by Crippen LogP contribution is 2.51. The normalized spacial score (nSPS) is 12.7. The molecule has 0 saturated heterocycles. The maximum atomic E-state index is 3.89. The second-order valence-corrected chi connectivity index (χ2v) is 16.4. The van der Waals surface area contributed by atoms with Crippen LogP contribution in [0.15, 0.2) is 147 Å². The van der Waals surface area contributed by atoms with Crippen LogP contribution in [0.3, 0.4) is 0 Å². The molecule has 0 N–H and O–H groups in total. The molecule has 0 aromatic heterocycles. The summed E-state index contributed by atoms with van der Waals surface area (Å²) in [6, 6.07) is 36.2. The van der Waals surface area contributed by atoms with Crippen LogP contribution in [0, 0.1) is 0 Å². The van der Waals surface area contributed by atoms with Gasteiger partial charge in [-0.1, -0.05) is 104 Å². The van der Waals surface area contributed by atoms with E-state index < -0.39 is 15.8 Å². The molecule has 1 unspecified atom stereocenters. The third-order valence-corrected chi connectivity index (χ3v) is 15.9. The minimum Gasteiger partial charge on any atom is -0.129 e. The van der Waals surface area contributed by atoms with Crippen LogP contribution in [0.5, 0.6) is 0 Å². The Kier molecular flexibility index (Phi) is 12.6. The van der Waals surface area contributed by atoms with Gasteiger partial charge in [-0.2, -0.15) is 0 Å². The summed E-state index contributed by atoms with van der Waals surface area (Å²) in [6.45, 7) is 3.89. The molecule has 1 atom stereocenters. The second kappa shape index (κ2) is 16.1. The summed E-state index contributed by atoms with van der Waals surface area (Å²) in [5, 5.41) is 7.14. The molecule has 4 rings (SSSR count). The van der Waals surface area contributed by atoms with Crippen molar-refractivity contribution in [1.82, 2.24) is 0 Å². The number of hydrogen-bond donors (Lipinski definition) is 0. The van der Waals surface area contributed by atoms with Crippen molar-refractivity contribution < 1.29 is 0 Å². The van der Waals surface area contributed by atoms with Gasteiger partial charge >= 0.3 is 0 Å². The molecule has 204 valence electrons. The van der Waals surface area contributed by atoms with E-state index in [-0.39, 0.29) is 0 Å². The largest absolute Gasteiger partial charge is 0.129 e.